The van der Waals surface area contributed by atoms with Crippen LogP contribution in [0, 0.1) is 17.8 Å². The highest BCUT2D eigenvalue weighted by Gasteiger charge is 2.41. The largest absolute Gasteiger partial charge is 0.372 e. The lowest BCUT2D eigenvalue weighted by molar-refractivity contribution is -0.136. The third-order valence-electron chi connectivity index (χ3n) is 5.94. The fraction of sp³-hybridized carbons (Fsp3) is 0.364. The number of carbonyl (C=O) groups is 1. The van der Waals surface area contributed by atoms with Gasteiger partial charge in [0.2, 0.25) is 0 Å². The van der Waals surface area contributed by atoms with Crippen molar-refractivity contribution in [1.29, 1.82) is 0 Å². The molecule has 2 bridgehead atoms. The van der Waals surface area contributed by atoms with E-state index in [-0.39, 0.29) is 0 Å². The zero-order valence-electron chi connectivity index (χ0n) is 14.7. The molecule has 2 aromatic carbocycles. The molecule has 0 saturated heterocycles. The van der Waals surface area contributed by atoms with Crippen LogP contribution in [-0.4, -0.2) is 17.2 Å². The summed E-state index contributed by atoms with van der Waals surface area (Å²) in [7, 11) is 0. The van der Waals surface area contributed by atoms with Gasteiger partial charge in [0.05, 0.1) is 0 Å². The van der Waals surface area contributed by atoms with Gasteiger partial charge < -0.3 is 5.11 Å². The second kappa shape index (κ2) is 7.04. The molecule has 4 rings (SSSR count). The zero-order chi connectivity index (χ0) is 18.0. The van der Waals surface area contributed by atoms with Crippen molar-refractivity contribution >= 4 is 12.1 Å². The minimum absolute atomic E-state index is 0.454. The van der Waals surface area contributed by atoms with Gasteiger partial charge in [-0.2, -0.15) is 5.10 Å². The molecule has 4 nitrogen and oxygen atoms in total. The predicted molar refractivity (Wildman–Crippen MR) is 101 cm³/mol. The fourth-order valence-electron chi connectivity index (χ4n) is 4.54. The number of amides is 1. The van der Waals surface area contributed by atoms with Crippen LogP contribution in [0.3, 0.4) is 0 Å². The summed E-state index contributed by atoms with van der Waals surface area (Å²) in [6.07, 6.45) is 6.95. The maximum absolute atomic E-state index is 12.9. The van der Waals surface area contributed by atoms with Crippen LogP contribution in [0.2, 0.25) is 0 Å². The molecule has 2 fully saturated rings. The minimum Gasteiger partial charge on any atom is -0.372 e. The number of fused-ring (bicyclic) bond motifs is 2. The van der Waals surface area contributed by atoms with E-state index in [9.17, 15) is 9.90 Å². The van der Waals surface area contributed by atoms with E-state index in [0.29, 0.717) is 23.0 Å². The van der Waals surface area contributed by atoms with Gasteiger partial charge in [0.15, 0.2) is 5.60 Å². The number of nitrogens with one attached hydrogen (secondary N) is 1. The van der Waals surface area contributed by atoms with Crippen LogP contribution in [0.15, 0.2) is 65.8 Å². The maximum Gasteiger partial charge on any atom is 0.281 e. The van der Waals surface area contributed by atoms with Gasteiger partial charge in [-0.05, 0) is 48.1 Å². The molecule has 0 spiro atoms. The molecule has 0 heterocycles. The summed E-state index contributed by atoms with van der Waals surface area (Å²) in [5.74, 6) is 1.46. The van der Waals surface area contributed by atoms with E-state index in [1.165, 1.54) is 25.7 Å². The van der Waals surface area contributed by atoms with Crippen LogP contribution in [-0.2, 0) is 10.4 Å². The molecule has 3 atom stereocenters. The van der Waals surface area contributed by atoms with Crippen LogP contribution < -0.4 is 5.43 Å². The average Bonchev–Trinajstić information content (AvgIpc) is 3.32. The second-order valence-electron chi connectivity index (χ2n) is 7.50. The van der Waals surface area contributed by atoms with Crippen molar-refractivity contribution < 1.29 is 9.90 Å². The summed E-state index contributed by atoms with van der Waals surface area (Å²) in [6.45, 7) is 0. The number of rotatable bonds is 5. The van der Waals surface area contributed by atoms with Crippen molar-refractivity contribution in [2.75, 3.05) is 0 Å². The van der Waals surface area contributed by atoms with Crippen molar-refractivity contribution in [1.82, 2.24) is 5.43 Å². The van der Waals surface area contributed by atoms with Crippen molar-refractivity contribution in [2.24, 2.45) is 22.9 Å². The zero-order valence-corrected chi connectivity index (χ0v) is 14.7. The molecule has 0 aromatic heterocycles. The number of carbonyl (C=O) groups excluding carboxylic acids is 1. The van der Waals surface area contributed by atoms with Crippen molar-refractivity contribution in [2.45, 2.75) is 31.3 Å². The highest BCUT2D eigenvalue weighted by molar-refractivity contribution is 5.90. The number of hydrogen-bond acceptors (Lipinski definition) is 3. The Hall–Kier alpha value is -2.46. The van der Waals surface area contributed by atoms with Gasteiger partial charge in [0.1, 0.15) is 0 Å². The second-order valence-corrected chi connectivity index (χ2v) is 7.50. The molecule has 0 aliphatic heterocycles. The van der Waals surface area contributed by atoms with Crippen molar-refractivity contribution in [3.8, 4) is 0 Å². The Morgan fingerprint density at radius 3 is 2.12 bits per heavy atom. The smallest absolute Gasteiger partial charge is 0.281 e. The number of nitrogens with zero attached hydrogens (tertiary/aromatic N) is 1. The minimum atomic E-state index is -1.77. The summed E-state index contributed by atoms with van der Waals surface area (Å²) in [6, 6.07) is 18.0. The van der Waals surface area contributed by atoms with E-state index in [0.717, 1.165) is 5.92 Å². The Labute approximate surface area is 153 Å². The normalized spacial score (nSPS) is 24.9. The quantitative estimate of drug-likeness (QED) is 0.642. The first kappa shape index (κ1) is 17.0. The highest BCUT2D eigenvalue weighted by atomic mass is 16.3. The average molecular weight is 348 g/mol. The molecule has 1 amide bonds. The van der Waals surface area contributed by atoms with E-state index in [1.54, 1.807) is 24.3 Å². The van der Waals surface area contributed by atoms with E-state index in [2.05, 4.69) is 10.5 Å². The lowest BCUT2D eigenvalue weighted by atomic mass is 9.85. The van der Waals surface area contributed by atoms with Gasteiger partial charge in [0.25, 0.3) is 5.91 Å². The molecule has 2 aromatic rings. The number of hydrogen-bond donors (Lipinski definition) is 2. The van der Waals surface area contributed by atoms with E-state index < -0.39 is 11.5 Å². The Morgan fingerprint density at radius 2 is 1.62 bits per heavy atom. The Balaban J connectivity index is 1.55. The standard InChI is InChI=1S/C22H24N2O2/c25-21(24-23-15-18-14-16-11-12-17(18)13-16)22(26,19-7-3-1-4-8-19)20-9-5-2-6-10-20/h1-10,15-18,26H,11-14H2,(H,24,25)/b23-15-/t16-,17-,18+/m0/s1. The molecule has 2 aliphatic carbocycles. The molecule has 2 aliphatic rings. The molecule has 2 N–H and O–H groups in total. The fourth-order valence-corrected chi connectivity index (χ4v) is 4.54. The Kier molecular flexibility index (Phi) is 4.60. The summed E-state index contributed by atoms with van der Waals surface area (Å²) >= 11 is 0. The van der Waals surface area contributed by atoms with E-state index in [1.807, 2.05) is 42.6 Å². The van der Waals surface area contributed by atoms with Gasteiger partial charge >= 0.3 is 0 Å². The first-order valence-corrected chi connectivity index (χ1v) is 9.35. The van der Waals surface area contributed by atoms with Gasteiger partial charge in [0, 0.05) is 6.21 Å². The molecule has 134 valence electrons. The first-order chi connectivity index (χ1) is 12.7. The SMILES string of the molecule is O=C(N/N=C\[C@H]1C[C@H]2CC[C@H]1C2)C(O)(c1ccccc1)c1ccccc1. The van der Waals surface area contributed by atoms with Gasteiger partial charge in [-0.1, -0.05) is 67.1 Å². The van der Waals surface area contributed by atoms with Gasteiger partial charge in [-0.25, -0.2) is 5.43 Å². The number of hydrazone groups is 1. The molecule has 4 heteroatoms. The molecule has 26 heavy (non-hydrogen) atoms. The van der Waals surface area contributed by atoms with Gasteiger partial charge in [-0.15, -0.1) is 0 Å². The molecular formula is C22H24N2O2. The first-order valence-electron chi connectivity index (χ1n) is 9.35. The molecule has 0 unspecified atom stereocenters. The Morgan fingerprint density at radius 1 is 1.00 bits per heavy atom. The van der Waals surface area contributed by atoms with Crippen LogP contribution in [0.4, 0.5) is 0 Å². The van der Waals surface area contributed by atoms with E-state index in [4.69, 9.17) is 0 Å². The third-order valence-corrected chi connectivity index (χ3v) is 5.94. The molecule has 2 saturated carbocycles. The topological polar surface area (TPSA) is 61.7 Å². The van der Waals surface area contributed by atoms with E-state index >= 15 is 0 Å². The lowest BCUT2D eigenvalue weighted by Gasteiger charge is -2.27. The van der Waals surface area contributed by atoms with Crippen LogP contribution in [0.25, 0.3) is 0 Å². The van der Waals surface area contributed by atoms with Crippen LogP contribution >= 0.6 is 0 Å². The highest BCUT2D eigenvalue weighted by Crippen LogP contribution is 2.47. The molecule has 0 radical (unpaired) electrons. The summed E-state index contributed by atoms with van der Waals surface area (Å²) in [5, 5.41) is 15.5. The lowest BCUT2D eigenvalue weighted by Crippen LogP contribution is -2.43. The summed E-state index contributed by atoms with van der Waals surface area (Å²) in [5.41, 5.74) is 1.87. The Bertz CT molecular complexity index is 749. The summed E-state index contributed by atoms with van der Waals surface area (Å²) in [4.78, 5) is 12.9. The van der Waals surface area contributed by atoms with Crippen molar-refractivity contribution in [3.05, 3.63) is 71.8 Å². The van der Waals surface area contributed by atoms with Gasteiger partial charge in [-0.3, -0.25) is 4.79 Å². The number of benzene rings is 2. The van der Waals surface area contributed by atoms with Crippen molar-refractivity contribution in [3.63, 3.8) is 0 Å². The maximum atomic E-state index is 12.9. The summed E-state index contributed by atoms with van der Waals surface area (Å²) < 4.78 is 0. The monoisotopic (exact) mass is 348 g/mol. The number of aliphatic hydroxyl groups is 1. The third kappa shape index (κ3) is 3.06. The predicted octanol–water partition coefficient (Wildman–Crippen LogP) is 3.46. The van der Waals surface area contributed by atoms with Crippen LogP contribution in [0.5, 0.6) is 0 Å². The van der Waals surface area contributed by atoms with Crippen LogP contribution in [0.1, 0.15) is 36.8 Å². The molecular weight excluding hydrogens is 324 g/mol.